The van der Waals surface area contributed by atoms with Gasteiger partial charge < -0.3 is 25.7 Å². The summed E-state index contributed by atoms with van der Waals surface area (Å²) in [5, 5.41) is 6.25. The van der Waals surface area contributed by atoms with Gasteiger partial charge in [-0.3, -0.25) is 9.59 Å². The van der Waals surface area contributed by atoms with E-state index in [4.69, 9.17) is 10.5 Å². The van der Waals surface area contributed by atoms with Crippen LogP contribution in [0.4, 0.5) is 11.6 Å². The zero-order valence-electron chi connectivity index (χ0n) is 22.7. The maximum absolute atomic E-state index is 13.7. The lowest BCUT2D eigenvalue weighted by Crippen LogP contribution is -2.32. The maximum Gasteiger partial charge on any atom is 0.293 e. The first kappa shape index (κ1) is 27.1. The fourth-order valence-electron chi connectivity index (χ4n) is 5.35. The molecule has 1 aliphatic rings. The Labute approximate surface area is 233 Å². The first-order valence-corrected chi connectivity index (χ1v) is 13.4. The van der Waals surface area contributed by atoms with E-state index in [1.807, 2.05) is 49.4 Å². The molecular weight excluding hydrogens is 504 g/mol. The van der Waals surface area contributed by atoms with E-state index < -0.39 is 0 Å². The number of benzene rings is 2. The monoisotopic (exact) mass is 538 g/mol. The molecular formula is C31H34N6O3. The molecule has 40 heavy (non-hydrogen) atoms. The number of amides is 1. The van der Waals surface area contributed by atoms with Crippen molar-refractivity contribution in [2.45, 2.75) is 44.4 Å². The van der Waals surface area contributed by atoms with Crippen LogP contribution in [0.1, 0.15) is 59.0 Å². The van der Waals surface area contributed by atoms with Crippen molar-refractivity contribution >= 4 is 17.5 Å². The molecule has 0 unspecified atom stereocenters. The summed E-state index contributed by atoms with van der Waals surface area (Å²) in [6, 6.07) is 23.6. The molecule has 2 aromatic heterocycles. The topological polar surface area (TPSA) is 124 Å². The molecule has 5 rings (SSSR count). The van der Waals surface area contributed by atoms with Crippen LogP contribution in [-0.2, 0) is 16.1 Å². The van der Waals surface area contributed by atoms with Crippen LogP contribution in [0.3, 0.4) is 0 Å². The highest BCUT2D eigenvalue weighted by atomic mass is 16.5. The number of nitrogens with zero attached hydrogens (tertiary/aromatic N) is 3. The van der Waals surface area contributed by atoms with E-state index in [-0.39, 0.29) is 41.8 Å². The summed E-state index contributed by atoms with van der Waals surface area (Å²) in [5.74, 6) is 0.570. The number of hydrogen-bond donors (Lipinski definition) is 3. The number of aromatic nitrogens is 3. The molecule has 0 radical (unpaired) electrons. The summed E-state index contributed by atoms with van der Waals surface area (Å²) >= 11 is 0. The SMILES string of the molecule is CO[C@H]1C[C@@H](CC(=O)NCc2ccc(N)nc2C)n2c1cnc(NCC(c1ccccc1)c1ccccc1)c2=O. The quantitative estimate of drug-likeness (QED) is 0.278. The molecule has 9 nitrogen and oxygen atoms in total. The fourth-order valence-corrected chi connectivity index (χ4v) is 5.35. The third kappa shape index (κ3) is 5.89. The lowest BCUT2D eigenvalue weighted by molar-refractivity contribution is -0.122. The second kappa shape index (κ2) is 12.1. The summed E-state index contributed by atoms with van der Waals surface area (Å²) in [5.41, 5.74) is 10.1. The zero-order valence-corrected chi connectivity index (χ0v) is 22.7. The number of hydrogen-bond acceptors (Lipinski definition) is 7. The Morgan fingerprint density at radius 2 is 1.75 bits per heavy atom. The van der Waals surface area contributed by atoms with Gasteiger partial charge in [-0.2, -0.15) is 0 Å². The van der Waals surface area contributed by atoms with E-state index in [0.29, 0.717) is 31.0 Å². The highest BCUT2D eigenvalue weighted by Gasteiger charge is 2.34. The molecule has 3 heterocycles. The van der Waals surface area contributed by atoms with Crippen molar-refractivity contribution in [2.75, 3.05) is 24.7 Å². The minimum atomic E-state index is -0.347. The van der Waals surface area contributed by atoms with Crippen LogP contribution < -0.4 is 21.9 Å². The second-order valence-electron chi connectivity index (χ2n) is 10.0. The van der Waals surface area contributed by atoms with Gasteiger partial charge in [-0.25, -0.2) is 9.97 Å². The number of anilines is 2. The van der Waals surface area contributed by atoms with Crippen LogP contribution in [0.25, 0.3) is 0 Å². The highest BCUT2D eigenvalue weighted by Crippen LogP contribution is 2.37. The number of fused-ring (bicyclic) bond motifs is 1. The number of methoxy groups -OCH3 is 1. The Kier molecular flexibility index (Phi) is 8.21. The molecule has 4 N–H and O–H groups in total. The molecule has 0 spiro atoms. The standard InChI is InChI=1S/C31H34N6O3/c1-20-23(13-14-28(32)36-20)17-33-29(38)16-24-15-27(40-2)26-19-35-30(31(39)37(24)26)34-18-25(21-9-5-3-6-10-21)22-11-7-4-8-12-22/h3-14,19,24-25,27H,15-18H2,1-2H3,(H2,32,36)(H,33,38)(H,34,35)/t24-,27-/m0/s1. The Morgan fingerprint density at radius 1 is 1.07 bits per heavy atom. The van der Waals surface area contributed by atoms with Gasteiger partial charge in [0, 0.05) is 50.7 Å². The zero-order chi connectivity index (χ0) is 28.1. The molecule has 206 valence electrons. The molecule has 4 aromatic rings. The second-order valence-corrected chi connectivity index (χ2v) is 10.0. The number of pyridine rings is 1. The number of carbonyl (C=O) groups is 1. The van der Waals surface area contributed by atoms with E-state index in [1.165, 1.54) is 0 Å². The summed E-state index contributed by atoms with van der Waals surface area (Å²) < 4.78 is 7.31. The van der Waals surface area contributed by atoms with Crippen molar-refractivity contribution in [3.63, 3.8) is 0 Å². The Bertz CT molecular complexity index is 1480. The number of rotatable bonds is 10. The number of nitrogens with one attached hydrogen (secondary N) is 2. The van der Waals surface area contributed by atoms with Gasteiger partial charge in [0.25, 0.3) is 5.56 Å². The lowest BCUT2D eigenvalue weighted by Gasteiger charge is -2.20. The predicted molar refractivity (Wildman–Crippen MR) is 155 cm³/mol. The van der Waals surface area contributed by atoms with E-state index in [9.17, 15) is 9.59 Å². The van der Waals surface area contributed by atoms with Crippen LogP contribution >= 0.6 is 0 Å². The summed E-state index contributed by atoms with van der Waals surface area (Å²) in [7, 11) is 1.61. The van der Waals surface area contributed by atoms with Gasteiger partial charge in [0.05, 0.1) is 11.9 Å². The van der Waals surface area contributed by atoms with Gasteiger partial charge in [0.15, 0.2) is 5.82 Å². The Morgan fingerprint density at radius 3 is 2.38 bits per heavy atom. The smallest absolute Gasteiger partial charge is 0.293 e. The normalized spacial score (nSPS) is 16.1. The van der Waals surface area contributed by atoms with Gasteiger partial charge in [0.1, 0.15) is 11.9 Å². The van der Waals surface area contributed by atoms with Crippen molar-refractivity contribution in [2.24, 2.45) is 0 Å². The highest BCUT2D eigenvalue weighted by molar-refractivity contribution is 5.76. The van der Waals surface area contributed by atoms with Crippen molar-refractivity contribution < 1.29 is 9.53 Å². The number of ether oxygens (including phenoxy) is 1. The van der Waals surface area contributed by atoms with E-state index in [1.54, 1.807) is 23.9 Å². The van der Waals surface area contributed by atoms with E-state index in [2.05, 4.69) is 44.9 Å². The minimum absolute atomic E-state index is 0.0291. The first-order valence-electron chi connectivity index (χ1n) is 13.4. The maximum atomic E-state index is 13.7. The van der Waals surface area contributed by atoms with Crippen LogP contribution in [0.2, 0.25) is 0 Å². The summed E-state index contributed by atoms with van der Waals surface area (Å²) in [6.07, 6.45) is 2.04. The van der Waals surface area contributed by atoms with Crippen molar-refractivity contribution in [1.29, 1.82) is 0 Å². The lowest BCUT2D eigenvalue weighted by atomic mass is 9.91. The molecule has 2 aromatic carbocycles. The van der Waals surface area contributed by atoms with Gasteiger partial charge in [-0.15, -0.1) is 0 Å². The average Bonchev–Trinajstić information content (AvgIpc) is 3.32. The minimum Gasteiger partial charge on any atom is -0.384 e. The van der Waals surface area contributed by atoms with Crippen LogP contribution in [-0.4, -0.2) is 34.1 Å². The number of carbonyl (C=O) groups excluding carboxylic acids is 1. The summed E-state index contributed by atoms with van der Waals surface area (Å²) in [4.78, 5) is 35.3. The summed E-state index contributed by atoms with van der Waals surface area (Å²) in [6.45, 7) is 2.68. The van der Waals surface area contributed by atoms with Gasteiger partial charge >= 0.3 is 0 Å². The van der Waals surface area contributed by atoms with E-state index >= 15 is 0 Å². The van der Waals surface area contributed by atoms with Crippen LogP contribution in [0.5, 0.6) is 0 Å². The fraction of sp³-hybridized carbons (Fsp3) is 0.290. The van der Waals surface area contributed by atoms with E-state index in [0.717, 1.165) is 22.4 Å². The van der Waals surface area contributed by atoms with Crippen molar-refractivity contribution in [3.8, 4) is 0 Å². The largest absolute Gasteiger partial charge is 0.384 e. The molecule has 0 saturated carbocycles. The Balaban J connectivity index is 1.33. The van der Waals surface area contributed by atoms with Gasteiger partial charge in [-0.05, 0) is 29.7 Å². The molecule has 2 atom stereocenters. The number of nitrogen functional groups attached to an aromatic ring is 1. The molecule has 0 bridgehead atoms. The van der Waals surface area contributed by atoms with Gasteiger partial charge in [0.2, 0.25) is 5.91 Å². The first-order chi connectivity index (χ1) is 19.4. The molecule has 0 saturated heterocycles. The van der Waals surface area contributed by atoms with Crippen molar-refractivity contribution in [3.05, 3.63) is 117 Å². The third-order valence-corrected chi connectivity index (χ3v) is 7.48. The Hall–Kier alpha value is -4.50. The van der Waals surface area contributed by atoms with Gasteiger partial charge in [-0.1, -0.05) is 66.7 Å². The van der Waals surface area contributed by atoms with Crippen LogP contribution in [0, 0.1) is 6.92 Å². The predicted octanol–water partition coefficient (Wildman–Crippen LogP) is 4.11. The molecule has 0 aliphatic carbocycles. The molecule has 1 amide bonds. The molecule has 9 heteroatoms. The molecule has 1 aliphatic heterocycles. The number of aryl methyl sites for hydroxylation is 1. The van der Waals surface area contributed by atoms with Crippen LogP contribution in [0.15, 0.2) is 83.8 Å². The average molecular weight is 539 g/mol. The van der Waals surface area contributed by atoms with Crippen molar-refractivity contribution in [1.82, 2.24) is 19.9 Å². The third-order valence-electron chi connectivity index (χ3n) is 7.48. The number of nitrogens with two attached hydrogens (primary N) is 1. The molecule has 0 fully saturated rings.